The molecule has 0 unspecified atom stereocenters. The molecule has 2 aromatic carbocycles. The molecule has 0 saturated carbocycles. The van der Waals surface area contributed by atoms with Gasteiger partial charge in [-0.15, -0.1) is 0 Å². The summed E-state index contributed by atoms with van der Waals surface area (Å²) >= 11 is 1.21. The van der Waals surface area contributed by atoms with Crippen LogP contribution in [0.15, 0.2) is 41.3 Å². The van der Waals surface area contributed by atoms with Crippen molar-refractivity contribution in [2.45, 2.75) is 25.2 Å². The Morgan fingerprint density at radius 3 is 2.59 bits per heavy atom. The Morgan fingerprint density at radius 1 is 1.14 bits per heavy atom. The van der Waals surface area contributed by atoms with Gasteiger partial charge >= 0.3 is 0 Å². The molecular weight excluding hydrogens is 434 g/mol. The molecule has 1 saturated heterocycles. The number of aryl methyl sites for hydroxylation is 2. The van der Waals surface area contributed by atoms with Gasteiger partial charge in [-0.3, -0.25) is 9.52 Å². The summed E-state index contributed by atoms with van der Waals surface area (Å²) in [7, 11) is -7.83. The van der Waals surface area contributed by atoms with E-state index in [4.69, 9.17) is 0 Å². The highest BCUT2D eigenvalue weighted by molar-refractivity contribution is 7.94. The first-order valence-electron chi connectivity index (χ1n) is 8.63. The monoisotopic (exact) mass is 451 g/mol. The van der Waals surface area contributed by atoms with Gasteiger partial charge < -0.3 is 0 Å². The number of carbonyl (C=O) groups is 1. The predicted octanol–water partition coefficient (Wildman–Crippen LogP) is 2.78. The van der Waals surface area contributed by atoms with E-state index in [9.17, 15) is 21.6 Å². The van der Waals surface area contributed by atoms with Gasteiger partial charge in [-0.25, -0.2) is 26.1 Å². The molecule has 1 aliphatic rings. The molecule has 152 valence electrons. The van der Waals surface area contributed by atoms with Crippen molar-refractivity contribution >= 4 is 58.3 Å². The number of anilines is 2. The third-order valence-corrected chi connectivity index (χ3v) is 8.77. The molecule has 3 aromatic rings. The number of aromatic nitrogens is 1. The number of benzene rings is 2. The minimum absolute atomic E-state index is 0.0124. The number of thiazole rings is 1. The number of amides is 1. The van der Waals surface area contributed by atoms with Crippen LogP contribution in [0.1, 0.15) is 17.5 Å². The molecule has 0 aliphatic carbocycles. The number of hydrogen-bond donors (Lipinski definition) is 1. The van der Waals surface area contributed by atoms with Crippen molar-refractivity contribution < 1.29 is 21.6 Å². The van der Waals surface area contributed by atoms with Crippen LogP contribution in [0.4, 0.5) is 10.8 Å². The third-order valence-electron chi connectivity index (χ3n) is 4.54. The summed E-state index contributed by atoms with van der Waals surface area (Å²) in [4.78, 5) is 16.2. The Labute approximate surface area is 172 Å². The van der Waals surface area contributed by atoms with Crippen LogP contribution in [0, 0.1) is 13.8 Å². The topological polar surface area (TPSA) is 114 Å². The maximum Gasteiger partial charge on any atom is 0.264 e. The summed E-state index contributed by atoms with van der Waals surface area (Å²) in [6, 6.07) is 9.73. The van der Waals surface area contributed by atoms with E-state index < -0.39 is 26.0 Å². The van der Waals surface area contributed by atoms with Crippen molar-refractivity contribution in [2.24, 2.45) is 0 Å². The molecule has 1 amide bonds. The van der Waals surface area contributed by atoms with Gasteiger partial charge in [-0.05, 0) is 49.2 Å². The lowest BCUT2D eigenvalue weighted by Gasteiger charge is -2.17. The summed E-state index contributed by atoms with van der Waals surface area (Å²) in [6.45, 7) is 3.53. The van der Waals surface area contributed by atoms with E-state index in [2.05, 4.69) is 9.71 Å². The molecular formula is C18H17N3O5S3. The highest BCUT2D eigenvalue weighted by atomic mass is 32.2. The Kier molecular flexibility index (Phi) is 4.63. The first-order chi connectivity index (χ1) is 13.6. The zero-order chi connectivity index (χ0) is 21.0. The van der Waals surface area contributed by atoms with E-state index in [0.717, 1.165) is 10.3 Å². The number of hydrogen-bond acceptors (Lipinski definition) is 7. The van der Waals surface area contributed by atoms with Gasteiger partial charge in [0.05, 0.1) is 26.6 Å². The lowest BCUT2D eigenvalue weighted by molar-refractivity contribution is -0.116. The maximum atomic E-state index is 13.0. The number of nitrogens with zero attached hydrogens (tertiary/aromatic N) is 2. The molecule has 8 nitrogen and oxygen atoms in total. The van der Waals surface area contributed by atoms with Crippen LogP contribution >= 0.6 is 11.3 Å². The first kappa shape index (κ1) is 19.8. The standard InChI is InChI=1S/C18H17N3O5S3/c1-11-3-6-14-15(9-11)27-18(19-14)20-29(25,26)16-10-13(5-4-12(16)2)21-17(22)7-8-28(21,23)24/h3-6,9-10H,7-8H2,1-2H3,(H,19,20). The van der Waals surface area contributed by atoms with Crippen LogP contribution in [-0.4, -0.2) is 33.5 Å². The van der Waals surface area contributed by atoms with Gasteiger partial charge in [0.15, 0.2) is 5.13 Å². The van der Waals surface area contributed by atoms with Crippen molar-refractivity contribution in [3.05, 3.63) is 47.5 Å². The molecule has 1 aliphatic heterocycles. The maximum absolute atomic E-state index is 13.0. The summed E-state index contributed by atoms with van der Waals surface area (Å²) < 4.78 is 54.3. The van der Waals surface area contributed by atoms with Crippen molar-refractivity contribution in [3.63, 3.8) is 0 Å². The number of nitrogens with one attached hydrogen (secondary N) is 1. The van der Waals surface area contributed by atoms with Gasteiger partial charge in [0.1, 0.15) is 0 Å². The quantitative estimate of drug-likeness (QED) is 0.653. The predicted molar refractivity (Wildman–Crippen MR) is 112 cm³/mol. The van der Waals surface area contributed by atoms with E-state index in [-0.39, 0.29) is 27.9 Å². The average Bonchev–Trinajstić information content (AvgIpc) is 3.13. The number of sulfonamides is 2. The lowest BCUT2D eigenvalue weighted by Crippen LogP contribution is -2.29. The van der Waals surface area contributed by atoms with Crippen molar-refractivity contribution in [1.29, 1.82) is 0 Å². The first-order valence-corrected chi connectivity index (χ1v) is 12.5. The molecule has 0 spiro atoms. The van der Waals surface area contributed by atoms with Crippen molar-refractivity contribution in [3.8, 4) is 0 Å². The molecule has 0 radical (unpaired) electrons. The molecule has 29 heavy (non-hydrogen) atoms. The van der Waals surface area contributed by atoms with Crippen LogP contribution in [-0.2, 0) is 24.8 Å². The van der Waals surface area contributed by atoms with Gasteiger partial charge in [0.25, 0.3) is 10.0 Å². The van der Waals surface area contributed by atoms with Gasteiger partial charge in [0, 0.05) is 6.42 Å². The van der Waals surface area contributed by atoms with E-state index >= 15 is 0 Å². The van der Waals surface area contributed by atoms with Crippen LogP contribution in [0.3, 0.4) is 0 Å². The second-order valence-electron chi connectivity index (χ2n) is 6.77. The average molecular weight is 452 g/mol. The fourth-order valence-electron chi connectivity index (χ4n) is 3.12. The Morgan fingerprint density at radius 2 is 1.90 bits per heavy atom. The lowest BCUT2D eigenvalue weighted by atomic mass is 10.2. The van der Waals surface area contributed by atoms with Crippen LogP contribution in [0.5, 0.6) is 0 Å². The molecule has 1 fully saturated rings. The number of carbonyl (C=O) groups excluding carboxylic acids is 1. The van der Waals surface area contributed by atoms with Gasteiger partial charge in [-0.1, -0.05) is 23.5 Å². The summed E-state index contributed by atoms with van der Waals surface area (Å²) in [5, 5.41) is 0.209. The summed E-state index contributed by atoms with van der Waals surface area (Å²) in [5.41, 5.74) is 2.15. The van der Waals surface area contributed by atoms with E-state index in [1.807, 2.05) is 25.1 Å². The number of fused-ring (bicyclic) bond motifs is 1. The molecule has 0 atom stereocenters. The molecule has 1 N–H and O–H groups in total. The molecule has 0 bridgehead atoms. The molecule has 2 heterocycles. The van der Waals surface area contributed by atoms with Crippen LogP contribution in [0.2, 0.25) is 0 Å². The van der Waals surface area contributed by atoms with Crippen molar-refractivity contribution in [2.75, 3.05) is 14.8 Å². The van der Waals surface area contributed by atoms with Crippen LogP contribution < -0.4 is 9.03 Å². The zero-order valence-corrected chi connectivity index (χ0v) is 18.0. The highest BCUT2D eigenvalue weighted by Gasteiger charge is 2.37. The second-order valence-corrected chi connectivity index (χ2v) is 11.4. The van der Waals surface area contributed by atoms with E-state index in [0.29, 0.717) is 15.4 Å². The van der Waals surface area contributed by atoms with Crippen molar-refractivity contribution in [1.82, 2.24) is 4.98 Å². The van der Waals surface area contributed by atoms with Gasteiger partial charge in [-0.2, -0.15) is 0 Å². The Hall–Kier alpha value is -2.50. The fourth-order valence-corrected chi connectivity index (χ4v) is 7.03. The van der Waals surface area contributed by atoms with Gasteiger partial charge in [0.2, 0.25) is 15.9 Å². The molecule has 4 rings (SSSR count). The Balaban J connectivity index is 1.73. The largest absolute Gasteiger partial charge is 0.273 e. The normalized spacial score (nSPS) is 16.5. The summed E-state index contributed by atoms with van der Waals surface area (Å²) in [5.74, 6) is -0.864. The minimum Gasteiger partial charge on any atom is -0.273 e. The second kappa shape index (κ2) is 6.78. The van der Waals surface area contributed by atoms with E-state index in [1.165, 1.54) is 29.5 Å². The third kappa shape index (κ3) is 3.61. The highest BCUT2D eigenvalue weighted by Crippen LogP contribution is 2.32. The summed E-state index contributed by atoms with van der Waals surface area (Å²) in [6.07, 6.45) is -0.123. The molecule has 11 heteroatoms. The number of rotatable bonds is 4. The minimum atomic E-state index is -4.04. The smallest absolute Gasteiger partial charge is 0.264 e. The SMILES string of the molecule is Cc1ccc2nc(NS(=O)(=O)c3cc(N4C(=O)CCS4(=O)=O)ccc3C)sc2c1. The fraction of sp³-hybridized carbons (Fsp3) is 0.222. The molecule has 1 aromatic heterocycles. The zero-order valence-electron chi connectivity index (χ0n) is 15.5. The van der Waals surface area contributed by atoms with Crippen LogP contribution in [0.25, 0.3) is 10.2 Å². The Bertz CT molecular complexity index is 1360. The van der Waals surface area contributed by atoms with E-state index in [1.54, 1.807) is 6.92 Å².